The van der Waals surface area contributed by atoms with E-state index in [4.69, 9.17) is 5.11 Å². The van der Waals surface area contributed by atoms with Crippen LogP contribution in [0.1, 0.15) is 31.2 Å². The van der Waals surface area contributed by atoms with Gasteiger partial charge in [0.05, 0.1) is 11.3 Å². The molecule has 1 aromatic carbocycles. The fourth-order valence-electron chi connectivity index (χ4n) is 3.37. The number of amides is 1. The molecule has 0 aromatic heterocycles. The number of carboxylic acids is 1. The molecular weight excluding hydrogens is 309 g/mol. The van der Waals surface area contributed by atoms with E-state index in [9.17, 15) is 14.0 Å². The third-order valence-corrected chi connectivity index (χ3v) is 4.84. The first-order chi connectivity index (χ1) is 10.0. The largest absolute Gasteiger partial charge is 0.481 e. The number of carbonyl (C=O) groups excluding carboxylic acids is 1. The Kier molecular flexibility index (Phi) is 4.75. The number of carboxylic acid groups (broad SMARTS) is 1. The van der Waals surface area contributed by atoms with Crippen molar-refractivity contribution < 1.29 is 19.1 Å². The molecule has 1 saturated heterocycles. The molecule has 1 aromatic rings. The van der Waals surface area contributed by atoms with Gasteiger partial charge in [0.15, 0.2) is 0 Å². The van der Waals surface area contributed by atoms with E-state index in [0.717, 1.165) is 24.8 Å². The van der Waals surface area contributed by atoms with E-state index in [1.54, 1.807) is 17.0 Å². The van der Waals surface area contributed by atoms with E-state index in [1.807, 2.05) is 0 Å². The van der Waals surface area contributed by atoms with E-state index in [2.05, 4.69) is 0 Å². The molecule has 4 nitrogen and oxygen atoms in total. The van der Waals surface area contributed by atoms with Gasteiger partial charge < -0.3 is 10.0 Å². The normalized spacial score (nSPS) is 22.6. The van der Waals surface area contributed by atoms with Gasteiger partial charge in [-0.3, -0.25) is 9.59 Å². The number of likely N-dealkylation sites (tertiary alicyclic amines) is 1. The Morgan fingerprint density at radius 1 is 1.23 bits per heavy atom. The Hall–Kier alpha value is -1.62. The molecule has 1 aliphatic carbocycles. The number of nitrogens with zero attached hydrogens (tertiary/aromatic N) is 1. The zero-order valence-electron chi connectivity index (χ0n) is 12.1. The molecule has 1 aliphatic heterocycles. The predicted molar refractivity (Wildman–Crippen MR) is 81.5 cm³/mol. The number of carbonyl (C=O) groups is 2. The highest BCUT2D eigenvalue weighted by molar-refractivity contribution is 5.90. The van der Waals surface area contributed by atoms with Gasteiger partial charge in [-0.05, 0) is 37.0 Å². The number of benzene rings is 1. The molecule has 3 rings (SSSR count). The minimum Gasteiger partial charge on any atom is -0.481 e. The van der Waals surface area contributed by atoms with Gasteiger partial charge in [-0.2, -0.15) is 0 Å². The lowest BCUT2D eigenvalue weighted by Gasteiger charge is -2.43. The second-order valence-electron chi connectivity index (χ2n) is 6.02. The average Bonchev–Trinajstić information content (AvgIpc) is 2.89. The molecule has 0 spiro atoms. The Balaban J connectivity index is 0.00000176. The molecule has 1 saturated carbocycles. The minimum absolute atomic E-state index is 0. The Morgan fingerprint density at radius 2 is 1.86 bits per heavy atom. The molecule has 0 radical (unpaired) electrons. The first-order valence-corrected chi connectivity index (χ1v) is 7.31. The van der Waals surface area contributed by atoms with Gasteiger partial charge >= 0.3 is 5.97 Å². The summed E-state index contributed by atoms with van der Waals surface area (Å²) in [6.07, 6.45) is 3.00. The van der Waals surface area contributed by atoms with Gasteiger partial charge in [0.1, 0.15) is 5.82 Å². The summed E-state index contributed by atoms with van der Waals surface area (Å²) in [4.78, 5) is 25.5. The third kappa shape index (κ3) is 2.70. The molecule has 1 amide bonds. The number of halogens is 2. The molecule has 1 unspecified atom stereocenters. The van der Waals surface area contributed by atoms with Crippen LogP contribution in [0, 0.1) is 11.7 Å². The minimum atomic E-state index is -0.838. The number of aliphatic carboxylic acids is 1. The van der Waals surface area contributed by atoms with Crippen LogP contribution in [0.4, 0.5) is 4.39 Å². The summed E-state index contributed by atoms with van der Waals surface area (Å²) in [6, 6.07) is 6.12. The molecule has 6 heteroatoms. The van der Waals surface area contributed by atoms with E-state index in [1.165, 1.54) is 12.1 Å². The van der Waals surface area contributed by atoms with Crippen molar-refractivity contribution in [2.45, 2.75) is 31.1 Å². The van der Waals surface area contributed by atoms with Gasteiger partial charge in [0, 0.05) is 13.1 Å². The fourth-order valence-corrected chi connectivity index (χ4v) is 3.37. The number of hydrogen-bond acceptors (Lipinski definition) is 2. The molecule has 22 heavy (non-hydrogen) atoms. The zero-order valence-corrected chi connectivity index (χ0v) is 12.9. The molecule has 2 fully saturated rings. The molecule has 1 atom stereocenters. The van der Waals surface area contributed by atoms with Crippen molar-refractivity contribution in [3.8, 4) is 0 Å². The van der Waals surface area contributed by atoms with Crippen molar-refractivity contribution in [2.75, 3.05) is 13.1 Å². The highest BCUT2D eigenvalue weighted by atomic mass is 35.5. The van der Waals surface area contributed by atoms with Gasteiger partial charge in [0.2, 0.25) is 5.91 Å². The third-order valence-electron chi connectivity index (χ3n) is 4.84. The second kappa shape index (κ2) is 6.24. The van der Waals surface area contributed by atoms with Crippen LogP contribution >= 0.6 is 12.4 Å². The van der Waals surface area contributed by atoms with Crippen molar-refractivity contribution >= 4 is 24.3 Å². The lowest BCUT2D eigenvalue weighted by Crippen LogP contribution is -2.50. The van der Waals surface area contributed by atoms with Crippen molar-refractivity contribution in [1.82, 2.24) is 4.90 Å². The predicted octanol–water partition coefficient (Wildman–Crippen LogP) is 2.60. The summed E-state index contributed by atoms with van der Waals surface area (Å²) in [5.74, 6) is -1.61. The maximum absolute atomic E-state index is 13.1. The highest BCUT2D eigenvalue weighted by Crippen LogP contribution is 2.45. The molecule has 1 N–H and O–H groups in total. The smallest absolute Gasteiger partial charge is 0.308 e. The SMILES string of the molecule is Cl.O=C(O)C1CCN(C(=O)C2(c3ccc(F)cc3)CCC2)C1. The molecule has 0 bridgehead atoms. The van der Waals surface area contributed by atoms with Crippen molar-refractivity contribution in [1.29, 1.82) is 0 Å². The number of hydrogen-bond donors (Lipinski definition) is 1. The van der Waals surface area contributed by atoms with E-state index in [0.29, 0.717) is 13.0 Å². The van der Waals surface area contributed by atoms with Crippen molar-refractivity contribution in [3.05, 3.63) is 35.6 Å². The first kappa shape index (κ1) is 16.7. The van der Waals surface area contributed by atoms with E-state index < -0.39 is 17.3 Å². The maximum Gasteiger partial charge on any atom is 0.308 e. The van der Waals surface area contributed by atoms with Gasteiger partial charge in [-0.15, -0.1) is 12.4 Å². The maximum atomic E-state index is 13.1. The summed E-state index contributed by atoms with van der Waals surface area (Å²) >= 11 is 0. The quantitative estimate of drug-likeness (QED) is 0.928. The van der Waals surface area contributed by atoms with Crippen molar-refractivity contribution in [3.63, 3.8) is 0 Å². The van der Waals surface area contributed by atoms with Crippen LogP contribution in [0.5, 0.6) is 0 Å². The first-order valence-electron chi connectivity index (χ1n) is 7.31. The average molecular weight is 328 g/mol. The van der Waals surface area contributed by atoms with Crippen LogP contribution in [0.25, 0.3) is 0 Å². The van der Waals surface area contributed by atoms with E-state index >= 15 is 0 Å². The van der Waals surface area contributed by atoms with Crippen LogP contribution in [-0.2, 0) is 15.0 Å². The van der Waals surface area contributed by atoms with Crippen LogP contribution in [0.15, 0.2) is 24.3 Å². The molecular formula is C16H19ClFNO3. The van der Waals surface area contributed by atoms with Gasteiger partial charge in [-0.1, -0.05) is 18.6 Å². The van der Waals surface area contributed by atoms with Crippen LogP contribution < -0.4 is 0 Å². The summed E-state index contributed by atoms with van der Waals surface area (Å²) in [6.45, 7) is 0.788. The van der Waals surface area contributed by atoms with Gasteiger partial charge in [-0.25, -0.2) is 4.39 Å². The molecule has 1 heterocycles. The topological polar surface area (TPSA) is 57.6 Å². The lowest BCUT2D eigenvalue weighted by molar-refractivity contribution is -0.142. The Morgan fingerprint density at radius 3 is 2.32 bits per heavy atom. The van der Waals surface area contributed by atoms with Crippen molar-refractivity contribution in [2.24, 2.45) is 5.92 Å². The zero-order chi connectivity index (χ0) is 15.0. The summed E-state index contributed by atoms with van der Waals surface area (Å²) in [5, 5.41) is 9.05. The molecule has 2 aliphatic rings. The molecule has 120 valence electrons. The summed E-state index contributed by atoms with van der Waals surface area (Å²) in [7, 11) is 0. The monoisotopic (exact) mass is 327 g/mol. The van der Waals surface area contributed by atoms with Crippen LogP contribution in [-0.4, -0.2) is 35.0 Å². The standard InChI is InChI=1S/C16H18FNO3.ClH/c17-13-4-2-12(3-5-13)16(7-1-8-16)15(21)18-9-6-11(10-18)14(19)20;/h2-5,11H,1,6-10H2,(H,19,20);1H. The second-order valence-corrected chi connectivity index (χ2v) is 6.02. The highest BCUT2D eigenvalue weighted by Gasteiger charge is 2.49. The fraction of sp³-hybridized carbons (Fsp3) is 0.500. The Bertz CT molecular complexity index is 571. The van der Waals surface area contributed by atoms with Gasteiger partial charge in [0.25, 0.3) is 0 Å². The van der Waals surface area contributed by atoms with E-state index in [-0.39, 0.29) is 30.7 Å². The Labute approximate surface area is 134 Å². The van der Waals surface area contributed by atoms with Crippen LogP contribution in [0.2, 0.25) is 0 Å². The summed E-state index contributed by atoms with van der Waals surface area (Å²) < 4.78 is 13.1. The summed E-state index contributed by atoms with van der Waals surface area (Å²) in [5.41, 5.74) is 0.278. The lowest BCUT2D eigenvalue weighted by atomic mass is 9.63. The number of rotatable bonds is 3. The van der Waals surface area contributed by atoms with Crippen LogP contribution in [0.3, 0.4) is 0 Å².